The monoisotopic (exact) mass is 342 g/mol. The molecule has 112 valence electrons. The lowest BCUT2D eigenvalue weighted by Crippen LogP contribution is -2.47. The third kappa shape index (κ3) is 5.13. The Hall–Kier alpha value is -1.07. The van der Waals surface area contributed by atoms with Crippen LogP contribution in [0.1, 0.15) is 39.3 Å². The summed E-state index contributed by atoms with van der Waals surface area (Å²) in [5.41, 5.74) is 1.04. The molecule has 2 N–H and O–H groups in total. The molecule has 1 rings (SSSR count). The summed E-state index contributed by atoms with van der Waals surface area (Å²) < 4.78 is 0.987. The maximum absolute atomic E-state index is 12.3. The Kier molecular flexibility index (Phi) is 6.49. The van der Waals surface area contributed by atoms with Crippen molar-refractivity contribution >= 4 is 22.0 Å². The van der Waals surface area contributed by atoms with Crippen molar-refractivity contribution in [1.29, 1.82) is 0 Å². The van der Waals surface area contributed by atoms with Crippen LogP contribution in [0.5, 0.6) is 0 Å². The third-order valence-corrected chi connectivity index (χ3v) is 3.53. The summed E-state index contributed by atoms with van der Waals surface area (Å²) in [6.07, 6.45) is -0.538. The quantitative estimate of drug-likeness (QED) is 0.862. The van der Waals surface area contributed by atoms with Gasteiger partial charge in [-0.05, 0) is 45.4 Å². The van der Waals surface area contributed by atoms with Crippen LogP contribution in [0.4, 0.5) is 4.79 Å². The largest absolute Gasteiger partial charge is 0.392 e. The van der Waals surface area contributed by atoms with Crippen LogP contribution in [0.2, 0.25) is 0 Å². The minimum atomic E-state index is -0.538. The van der Waals surface area contributed by atoms with Crippen LogP contribution >= 0.6 is 15.9 Å². The number of rotatable bonds is 5. The fourth-order valence-corrected chi connectivity index (χ4v) is 2.36. The highest BCUT2D eigenvalue weighted by atomic mass is 79.9. The van der Waals surface area contributed by atoms with Gasteiger partial charge < -0.3 is 15.3 Å². The maximum Gasteiger partial charge on any atom is 0.318 e. The molecule has 0 aromatic heterocycles. The number of urea groups is 1. The predicted octanol–water partition coefficient (Wildman–Crippen LogP) is 3.31. The van der Waals surface area contributed by atoms with Crippen LogP contribution in [0.25, 0.3) is 0 Å². The standard InChI is InChI=1S/C15H23BrN2O2/c1-10(2)18(9-11(3)19)15(20)17-12(4)13-6-5-7-14(16)8-13/h5-8,10-12,19H,9H2,1-4H3,(H,17,20). The highest BCUT2D eigenvalue weighted by Gasteiger charge is 2.20. The van der Waals surface area contributed by atoms with Crippen LogP contribution in [-0.2, 0) is 0 Å². The summed E-state index contributed by atoms with van der Waals surface area (Å²) >= 11 is 3.43. The Balaban J connectivity index is 2.72. The first-order chi connectivity index (χ1) is 9.31. The van der Waals surface area contributed by atoms with Crippen molar-refractivity contribution in [1.82, 2.24) is 10.2 Å². The van der Waals surface area contributed by atoms with Crippen LogP contribution in [0.3, 0.4) is 0 Å². The topological polar surface area (TPSA) is 52.6 Å². The summed E-state index contributed by atoms with van der Waals surface area (Å²) in [6, 6.07) is 7.65. The Labute approximate surface area is 129 Å². The SMILES string of the molecule is CC(O)CN(C(=O)NC(C)c1cccc(Br)c1)C(C)C. The van der Waals surface area contributed by atoms with Crippen molar-refractivity contribution in [3.05, 3.63) is 34.3 Å². The number of nitrogens with zero attached hydrogens (tertiary/aromatic N) is 1. The third-order valence-electron chi connectivity index (χ3n) is 3.03. The first-order valence-corrected chi connectivity index (χ1v) is 7.61. The molecule has 0 aliphatic heterocycles. The van der Waals surface area contributed by atoms with Crippen molar-refractivity contribution in [2.75, 3.05) is 6.54 Å². The summed E-state index contributed by atoms with van der Waals surface area (Å²) in [6.45, 7) is 7.83. The predicted molar refractivity (Wildman–Crippen MR) is 84.6 cm³/mol. The number of halogens is 1. The molecule has 4 nitrogen and oxygen atoms in total. The van der Waals surface area contributed by atoms with Gasteiger partial charge in [0.1, 0.15) is 0 Å². The van der Waals surface area contributed by atoms with Gasteiger partial charge in [-0.3, -0.25) is 0 Å². The zero-order valence-corrected chi connectivity index (χ0v) is 14.0. The van der Waals surface area contributed by atoms with Crippen molar-refractivity contribution in [2.24, 2.45) is 0 Å². The molecular weight excluding hydrogens is 320 g/mol. The number of aliphatic hydroxyl groups excluding tert-OH is 1. The minimum Gasteiger partial charge on any atom is -0.392 e. The van der Waals surface area contributed by atoms with Crippen molar-refractivity contribution < 1.29 is 9.90 Å². The highest BCUT2D eigenvalue weighted by molar-refractivity contribution is 9.10. The van der Waals surface area contributed by atoms with Gasteiger partial charge in [0.25, 0.3) is 0 Å². The molecule has 2 unspecified atom stereocenters. The normalized spacial score (nSPS) is 13.9. The van der Waals surface area contributed by atoms with Gasteiger partial charge in [-0.15, -0.1) is 0 Å². The van der Waals surface area contributed by atoms with E-state index >= 15 is 0 Å². The number of carbonyl (C=O) groups excluding carboxylic acids is 1. The second kappa shape index (κ2) is 7.64. The lowest BCUT2D eigenvalue weighted by molar-refractivity contribution is 0.117. The van der Waals surface area contributed by atoms with Crippen LogP contribution < -0.4 is 5.32 Å². The molecule has 20 heavy (non-hydrogen) atoms. The minimum absolute atomic E-state index is 0.0410. The summed E-state index contributed by atoms with van der Waals surface area (Å²) in [5, 5.41) is 12.4. The van der Waals surface area contributed by atoms with Crippen molar-refractivity contribution in [2.45, 2.75) is 45.9 Å². The molecule has 2 amide bonds. The van der Waals surface area contributed by atoms with Gasteiger partial charge in [0.2, 0.25) is 0 Å². The zero-order chi connectivity index (χ0) is 15.3. The Morgan fingerprint density at radius 2 is 2.00 bits per heavy atom. The number of hydrogen-bond acceptors (Lipinski definition) is 2. The molecular formula is C15H23BrN2O2. The lowest BCUT2D eigenvalue weighted by atomic mass is 10.1. The first kappa shape index (κ1) is 17.0. The van der Waals surface area contributed by atoms with Crippen LogP contribution in [0, 0.1) is 0 Å². The molecule has 0 fully saturated rings. The zero-order valence-electron chi connectivity index (χ0n) is 12.4. The molecule has 5 heteroatoms. The van der Waals surface area contributed by atoms with E-state index in [1.807, 2.05) is 45.0 Å². The molecule has 0 radical (unpaired) electrons. The average molecular weight is 343 g/mol. The molecule has 1 aromatic rings. The smallest absolute Gasteiger partial charge is 0.318 e. The van der Waals surface area contributed by atoms with Gasteiger partial charge in [0, 0.05) is 17.1 Å². The maximum atomic E-state index is 12.3. The van der Waals surface area contributed by atoms with Gasteiger partial charge in [-0.1, -0.05) is 28.1 Å². The van der Waals surface area contributed by atoms with Gasteiger partial charge >= 0.3 is 6.03 Å². The number of carbonyl (C=O) groups is 1. The van der Waals surface area contributed by atoms with E-state index in [1.54, 1.807) is 11.8 Å². The Morgan fingerprint density at radius 1 is 1.35 bits per heavy atom. The van der Waals surface area contributed by atoms with Gasteiger partial charge in [-0.2, -0.15) is 0 Å². The van der Waals surface area contributed by atoms with E-state index in [2.05, 4.69) is 21.2 Å². The molecule has 0 saturated carbocycles. The molecule has 2 atom stereocenters. The van der Waals surface area contributed by atoms with Crippen LogP contribution in [-0.4, -0.2) is 34.7 Å². The molecule has 0 bridgehead atoms. The second-order valence-electron chi connectivity index (χ2n) is 5.32. The molecule has 1 aromatic carbocycles. The summed E-state index contributed by atoms with van der Waals surface area (Å²) in [4.78, 5) is 13.9. The number of nitrogens with one attached hydrogen (secondary N) is 1. The molecule has 0 aliphatic carbocycles. The van der Waals surface area contributed by atoms with E-state index in [-0.39, 0.29) is 18.1 Å². The van der Waals surface area contributed by atoms with E-state index in [0.717, 1.165) is 10.0 Å². The fraction of sp³-hybridized carbons (Fsp3) is 0.533. The Morgan fingerprint density at radius 3 is 2.50 bits per heavy atom. The number of benzene rings is 1. The number of aliphatic hydroxyl groups is 1. The van der Waals surface area contributed by atoms with Gasteiger partial charge in [-0.25, -0.2) is 4.79 Å². The molecule has 0 aliphatic rings. The van der Waals surface area contributed by atoms with E-state index in [4.69, 9.17) is 0 Å². The average Bonchev–Trinajstić information content (AvgIpc) is 2.35. The lowest BCUT2D eigenvalue weighted by Gasteiger charge is -2.29. The Bertz CT molecular complexity index is 449. The summed E-state index contributed by atoms with van der Waals surface area (Å²) in [5.74, 6) is 0. The summed E-state index contributed by atoms with van der Waals surface area (Å²) in [7, 11) is 0. The van der Waals surface area contributed by atoms with Crippen molar-refractivity contribution in [3.63, 3.8) is 0 Å². The molecule has 0 spiro atoms. The molecule has 0 saturated heterocycles. The molecule has 0 heterocycles. The fourth-order valence-electron chi connectivity index (χ4n) is 1.94. The van der Waals surface area contributed by atoms with E-state index in [1.165, 1.54) is 0 Å². The van der Waals surface area contributed by atoms with Crippen molar-refractivity contribution in [3.8, 4) is 0 Å². The van der Waals surface area contributed by atoms with E-state index in [9.17, 15) is 9.90 Å². The number of hydrogen-bond donors (Lipinski definition) is 2. The number of amides is 2. The van der Waals surface area contributed by atoms with E-state index in [0.29, 0.717) is 6.54 Å². The highest BCUT2D eigenvalue weighted by Crippen LogP contribution is 2.18. The van der Waals surface area contributed by atoms with Gasteiger partial charge in [0.15, 0.2) is 0 Å². The van der Waals surface area contributed by atoms with E-state index < -0.39 is 6.10 Å². The second-order valence-corrected chi connectivity index (χ2v) is 6.24. The van der Waals surface area contributed by atoms with Gasteiger partial charge in [0.05, 0.1) is 12.1 Å². The van der Waals surface area contributed by atoms with Crippen LogP contribution in [0.15, 0.2) is 28.7 Å². The first-order valence-electron chi connectivity index (χ1n) is 6.82.